The molecule has 0 fully saturated rings. The van der Waals surface area contributed by atoms with Crippen molar-refractivity contribution >= 4 is 0 Å². The second-order valence-corrected chi connectivity index (χ2v) is 16.8. The van der Waals surface area contributed by atoms with Gasteiger partial charge in [-0.1, -0.05) is 248 Å². The predicted octanol–water partition coefficient (Wildman–Crippen LogP) is 16.2. The number of rotatable bonds is 35. The van der Waals surface area contributed by atoms with Gasteiger partial charge in [0.15, 0.2) is 0 Å². The molecule has 53 heavy (non-hydrogen) atoms. The molecule has 2 aromatic carbocycles. The van der Waals surface area contributed by atoms with Gasteiger partial charge < -0.3 is 9.80 Å². The van der Waals surface area contributed by atoms with Gasteiger partial charge in [-0.3, -0.25) is 0 Å². The van der Waals surface area contributed by atoms with Crippen molar-refractivity contribution in [1.29, 1.82) is 0 Å². The van der Waals surface area contributed by atoms with Gasteiger partial charge in [0, 0.05) is 37.8 Å². The van der Waals surface area contributed by atoms with Crippen LogP contribution in [-0.2, 0) is 6.42 Å². The van der Waals surface area contributed by atoms with Crippen LogP contribution < -0.4 is 0 Å². The van der Waals surface area contributed by atoms with E-state index in [4.69, 9.17) is 0 Å². The molecule has 0 N–H and O–H groups in total. The van der Waals surface area contributed by atoms with Crippen molar-refractivity contribution in [1.82, 2.24) is 9.80 Å². The first-order chi connectivity index (χ1) is 26.3. The van der Waals surface area contributed by atoms with Crippen molar-refractivity contribution in [3.05, 3.63) is 84.2 Å². The van der Waals surface area contributed by atoms with Crippen LogP contribution in [0, 0.1) is 0 Å². The molecule has 1 aliphatic heterocycles. The maximum Gasteiger partial charge on any atom is 0.123 e. The topological polar surface area (TPSA) is 6.48 Å². The molecule has 2 heteroatoms. The van der Waals surface area contributed by atoms with Gasteiger partial charge in [-0.2, -0.15) is 0 Å². The summed E-state index contributed by atoms with van der Waals surface area (Å²) in [6.45, 7) is 9.36. The highest BCUT2D eigenvalue weighted by molar-refractivity contribution is 5.30. The summed E-state index contributed by atoms with van der Waals surface area (Å²) in [6.07, 6.45) is 46.7. The van der Waals surface area contributed by atoms with Gasteiger partial charge >= 0.3 is 0 Å². The number of hydrogen-bond donors (Lipinski definition) is 0. The molecule has 0 aromatic heterocycles. The summed E-state index contributed by atoms with van der Waals surface area (Å²) in [6, 6.07) is 22.9. The third-order valence-electron chi connectivity index (χ3n) is 12.4. The predicted molar refractivity (Wildman–Crippen MR) is 236 cm³/mol. The zero-order valence-electron chi connectivity index (χ0n) is 35.5. The van der Waals surface area contributed by atoms with E-state index >= 15 is 0 Å². The normalized spacial score (nSPS) is 14.4. The highest BCUT2D eigenvalue weighted by Gasteiger charge is 2.49. The molecule has 1 heterocycles. The first-order valence-corrected chi connectivity index (χ1v) is 23.6. The lowest BCUT2D eigenvalue weighted by Gasteiger charge is -2.51. The van der Waals surface area contributed by atoms with E-state index in [9.17, 15) is 0 Å². The van der Waals surface area contributed by atoms with E-state index in [1.54, 1.807) is 0 Å². The summed E-state index contributed by atoms with van der Waals surface area (Å²) >= 11 is 0. The molecule has 0 spiro atoms. The molecule has 3 rings (SSSR count). The lowest BCUT2D eigenvalue weighted by atomic mass is 9.78. The molecule has 0 bridgehead atoms. The van der Waals surface area contributed by atoms with Crippen LogP contribution in [-0.4, -0.2) is 28.6 Å². The Morgan fingerprint density at radius 2 is 0.717 bits per heavy atom. The molecule has 300 valence electrons. The second-order valence-electron chi connectivity index (χ2n) is 16.8. The van der Waals surface area contributed by atoms with Crippen molar-refractivity contribution in [2.45, 2.75) is 225 Å². The molecule has 0 radical (unpaired) electrons. The highest BCUT2D eigenvalue weighted by atomic mass is 15.4. The van der Waals surface area contributed by atoms with Gasteiger partial charge in [-0.15, -0.1) is 0 Å². The molecule has 0 saturated heterocycles. The first-order valence-electron chi connectivity index (χ1n) is 23.6. The lowest BCUT2D eigenvalue weighted by Crippen LogP contribution is -2.59. The van der Waals surface area contributed by atoms with E-state index < -0.39 is 0 Å². The summed E-state index contributed by atoms with van der Waals surface area (Å²) in [4.78, 5) is 5.59. The molecule has 1 atom stereocenters. The summed E-state index contributed by atoms with van der Waals surface area (Å²) in [5.41, 5.74) is 2.89. The van der Waals surface area contributed by atoms with E-state index in [0.717, 1.165) is 25.9 Å². The third-order valence-corrected chi connectivity index (χ3v) is 12.4. The van der Waals surface area contributed by atoms with Crippen LogP contribution in [0.25, 0.3) is 0 Å². The standard InChI is InChI=1S/C51H86N2/c1-4-7-9-11-13-15-17-19-21-23-25-27-29-37-43-52-45-46-53(44-38-30-28-26-24-22-20-18-16-14-12-10-8-5-2)51(52,47-48-39-33-31-34-40-48)50(6-3)49-41-35-32-36-42-49/h31-36,39-42,45-46,50H,4-30,37-38,43-44,47H2,1-3H3. The average molecular weight is 727 g/mol. The number of unbranched alkanes of at least 4 members (excludes halogenated alkanes) is 26. The summed E-state index contributed by atoms with van der Waals surface area (Å²) in [7, 11) is 0. The van der Waals surface area contributed by atoms with Crippen molar-refractivity contribution in [2.24, 2.45) is 0 Å². The smallest absolute Gasteiger partial charge is 0.123 e. The lowest BCUT2D eigenvalue weighted by molar-refractivity contribution is -0.00378. The molecule has 0 aliphatic carbocycles. The quantitative estimate of drug-likeness (QED) is 0.0653. The Morgan fingerprint density at radius 3 is 1.06 bits per heavy atom. The Labute approximate surface area is 331 Å². The average Bonchev–Trinajstić information content (AvgIpc) is 3.52. The first kappa shape index (κ1) is 45.2. The van der Waals surface area contributed by atoms with E-state index in [2.05, 4.69) is 104 Å². The molecule has 2 aromatic rings. The van der Waals surface area contributed by atoms with Crippen LogP contribution in [0.15, 0.2) is 73.1 Å². The van der Waals surface area contributed by atoms with Crippen LogP contribution in [0.3, 0.4) is 0 Å². The SMILES string of the molecule is CCCCCCCCCCCCCCCCN1C=CN(CCCCCCCCCCCCCCCC)C1(Cc1ccccc1)C(CC)c1ccccc1. The molecule has 2 nitrogen and oxygen atoms in total. The largest absolute Gasteiger partial charge is 0.353 e. The fourth-order valence-electron chi connectivity index (χ4n) is 9.21. The van der Waals surface area contributed by atoms with Crippen LogP contribution in [0.2, 0.25) is 0 Å². The highest BCUT2D eigenvalue weighted by Crippen LogP contribution is 2.45. The van der Waals surface area contributed by atoms with Crippen molar-refractivity contribution < 1.29 is 0 Å². The molecule has 0 saturated carbocycles. The second kappa shape index (κ2) is 30.1. The van der Waals surface area contributed by atoms with Gasteiger partial charge in [0.25, 0.3) is 0 Å². The summed E-state index contributed by atoms with van der Waals surface area (Å²) < 4.78 is 0. The number of hydrogen-bond acceptors (Lipinski definition) is 2. The monoisotopic (exact) mass is 727 g/mol. The Morgan fingerprint density at radius 1 is 0.396 bits per heavy atom. The maximum atomic E-state index is 2.80. The van der Waals surface area contributed by atoms with Gasteiger partial charge in [0.05, 0.1) is 0 Å². The summed E-state index contributed by atoms with van der Waals surface area (Å²) in [5.74, 6) is 0.442. The summed E-state index contributed by atoms with van der Waals surface area (Å²) in [5, 5.41) is 0. The number of benzene rings is 2. The van der Waals surface area contributed by atoms with Gasteiger partial charge in [-0.25, -0.2) is 0 Å². The molecule has 1 unspecified atom stereocenters. The van der Waals surface area contributed by atoms with Crippen molar-refractivity contribution in [3.8, 4) is 0 Å². The van der Waals surface area contributed by atoms with Crippen LogP contribution in [0.4, 0.5) is 0 Å². The van der Waals surface area contributed by atoms with E-state index in [1.807, 2.05) is 0 Å². The minimum absolute atomic E-state index is 0.0649. The van der Waals surface area contributed by atoms with Gasteiger partial charge in [-0.05, 0) is 30.4 Å². The third kappa shape index (κ3) is 17.9. The molecular weight excluding hydrogens is 641 g/mol. The van der Waals surface area contributed by atoms with E-state index in [-0.39, 0.29) is 5.66 Å². The Kier molecular flexibility index (Phi) is 25.6. The fourth-order valence-corrected chi connectivity index (χ4v) is 9.21. The van der Waals surface area contributed by atoms with Crippen LogP contribution >= 0.6 is 0 Å². The molecule has 1 aliphatic rings. The Hall–Kier alpha value is -2.22. The minimum Gasteiger partial charge on any atom is -0.353 e. The maximum absolute atomic E-state index is 2.80. The van der Waals surface area contributed by atoms with Gasteiger partial charge in [0.2, 0.25) is 0 Å². The molecule has 0 amide bonds. The van der Waals surface area contributed by atoms with Gasteiger partial charge in [0.1, 0.15) is 5.66 Å². The van der Waals surface area contributed by atoms with Crippen molar-refractivity contribution in [3.63, 3.8) is 0 Å². The Bertz CT molecular complexity index is 1070. The van der Waals surface area contributed by atoms with E-state index in [1.165, 1.54) is 191 Å². The van der Waals surface area contributed by atoms with E-state index in [0.29, 0.717) is 5.92 Å². The zero-order chi connectivity index (χ0) is 37.5. The number of nitrogens with zero attached hydrogens (tertiary/aromatic N) is 2. The van der Waals surface area contributed by atoms with Crippen LogP contribution in [0.5, 0.6) is 0 Å². The minimum atomic E-state index is -0.0649. The fraction of sp³-hybridized carbons (Fsp3) is 0.725. The zero-order valence-corrected chi connectivity index (χ0v) is 35.5. The van der Waals surface area contributed by atoms with Crippen LogP contribution in [0.1, 0.15) is 224 Å². The Balaban J connectivity index is 1.51. The molecular formula is C51H86N2. The van der Waals surface area contributed by atoms with Crippen molar-refractivity contribution in [2.75, 3.05) is 13.1 Å².